The van der Waals surface area contributed by atoms with Gasteiger partial charge in [0.15, 0.2) is 12.2 Å². The van der Waals surface area contributed by atoms with Gasteiger partial charge in [0.05, 0.1) is 6.61 Å². The maximum absolute atomic E-state index is 12.2. The summed E-state index contributed by atoms with van der Waals surface area (Å²) in [7, 11) is 0. The van der Waals surface area contributed by atoms with Gasteiger partial charge in [-0.1, -0.05) is 70.4 Å². The van der Waals surface area contributed by atoms with E-state index in [1.54, 1.807) is 0 Å². The summed E-state index contributed by atoms with van der Waals surface area (Å²) in [5, 5.41) is 38.6. The summed E-state index contributed by atoms with van der Waals surface area (Å²) >= 11 is 0. The predicted molar refractivity (Wildman–Crippen MR) is 125 cm³/mol. The molecule has 1 unspecified atom stereocenters. The average Bonchev–Trinajstić information content (AvgIpc) is 2.78. The lowest BCUT2D eigenvalue weighted by Crippen LogP contribution is -2.56. The molecule has 0 spiro atoms. The number of esters is 1. The molecule has 0 amide bonds. The van der Waals surface area contributed by atoms with Crippen molar-refractivity contribution in [2.24, 2.45) is 0 Å². The van der Waals surface area contributed by atoms with Crippen LogP contribution in [-0.4, -0.2) is 70.1 Å². The van der Waals surface area contributed by atoms with Gasteiger partial charge in [-0.2, -0.15) is 0 Å². The molecule has 5 atom stereocenters. The molecular formula is C25H46O8. The van der Waals surface area contributed by atoms with Gasteiger partial charge < -0.3 is 25.2 Å². The second-order valence-corrected chi connectivity index (χ2v) is 8.94. The van der Waals surface area contributed by atoms with Crippen molar-refractivity contribution in [2.75, 3.05) is 13.2 Å². The van der Waals surface area contributed by atoms with Crippen molar-refractivity contribution in [3.63, 3.8) is 0 Å². The lowest BCUT2D eigenvalue weighted by atomic mass is 9.99. The second kappa shape index (κ2) is 19.3. The van der Waals surface area contributed by atoms with E-state index in [1.165, 1.54) is 44.9 Å². The normalized spacial score (nSPS) is 19.7. The molecule has 1 saturated heterocycles. The number of hydrogen-bond donors (Lipinski definition) is 4. The van der Waals surface area contributed by atoms with E-state index >= 15 is 0 Å². The molecule has 33 heavy (non-hydrogen) atoms. The summed E-state index contributed by atoms with van der Waals surface area (Å²) in [6.07, 6.45) is 13.2. The summed E-state index contributed by atoms with van der Waals surface area (Å²) in [5.74, 6) is -0.502. The van der Waals surface area contributed by atoms with Gasteiger partial charge in [-0.05, 0) is 32.1 Å². The molecule has 1 heterocycles. The average molecular weight is 475 g/mol. The van der Waals surface area contributed by atoms with Crippen LogP contribution in [0.3, 0.4) is 0 Å². The number of ether oxygens (including phenoxy) is 1. The first kappa shape index (κ1) is 30.0. The van der Waals surface area contributed by atoms with Crippen LogP contribution in [0.5, 0.6) is 0 Å². The van der Waals surface area contributed by atoms with E-state index in [-0.39, 0.29) is 13.0 Å². The Balaban J connectivity index is 2.08. The molecule has 1 aliphatic heterocycles. The fourth-order valence-electron chi connectivity index (χ4n) is 3.74. The van der Waals surface area contributed by atoms with E-state index in [0.717, 1.165) is 32.1 Å². The highest BCUT2D eigenvalue weighted by Gasteiger charge is 2.43. The number of carbonyl (C=O) groups is 1. The highest BCUT2D eigenvalue weighted by molar-refractivity contribution is 5.69. The smallest absolute Gasteiger partial charge is 0.306 e. The van der Waals surface area contributed by atoms with Crippen molar-refractivity contribution in [3.05, 3.63) is 12.2 Å². The minimum Gasteiger partial charge on any atom is -0.456 e. The van der Waals surface area contributed by atoms with Crippen LogP contribution in [-0.2, 0) is 19.3 Å². The van der Waals surface area contributed by atoms with Crippen molar-refractivity contribution < 1.29 is 39.7 Å². The molecule has 1 rings (SSSR count). The SMILES string of the molecule is CCCCCCCC/C=C\CCCCCCCC(=O)O[C@@H](C1COO1)[C@@H](O)[C@H](O)[C@H](O)CO. The van der Waals surface area contributed by atoms with Crippen molar-refractivity contribution in [3.8, 4) is 0 Å². The minimum absolute atomic E-state index is 0.102. The third-order valence-corrected chi connectivity index (χ3v) is 5.97. The number of unbranched alkanes of at least 4 members (excludes halogenated alkanes) is 11. The summed E-state index contributed by atoms with van der Waals surface area (Å²) in [5.41, 5.74) is 0. The molecule has 8 nitrogen and oxygen atoms in total. The Kier molecular flexibility index (Phi) is 17.5. The number of allylic oxidation sites excluding steroid dienone is 2. The van der Waals surface area contributed by atoms with Gasteiger partial charge in [-0.3, -0.25) is 4.79 Å². The predicted octanol–water partition coefficient (Wildman–Crippen LogP) is 3.34. The maximum atomic E-state index is 12.2. The molecule has 194 valence electrons. The number of aliphatic hydroxyl groups is 4. The monoisotopic (exact) mass is 474 g/mol. The first-order chi connectivity index (χ1) is 16.0. The number of hydrogen-bond acceptors (Lipinski definition) is 8. The van der Waals surface area contributed by atoms with E-state index < -0.39 is 43.1 Å². The lowest BCUT2D eigenvalue weighted by molar-refractivity contribution is -0.442. The summed E-state index contributed by atoms with van der Waals surface area (Å²) in [6.45, 7) is 1.62. The minimum atomic E-state index is -1.67. The zero-order valence-electron chi connectivity index (χ0n) is 20.3. The van der Waals surface area contributed by atoms with Crippen molar-refractivity contribution in [2.45, 2.75) is 127 Å². The Morgan fingerprint density at radius 2 is 1.45 bits per heavy atom. The van der Waals surface area contributed by atoms with E-state index in [2.05, 4.69) is 24.0 Å². The molecule has 1 aliphatic rings. The maximum Gasteiger partial charge on any atom is 0.306 e. The molecule has 0 aliphatic carbocycles. The lowest BCUT2D eigenvalue weighted by Gasteiger charge is -2.36. The molecule has 0 saturated carbocycles. The summed E-state index contributed by atoms with van der Waals surface area (Å²) in [6, 6.07) is 0. The summed E-state index contributed by atoms with van der Waals surface area (Å²) in [4.78, 5) is 21.6. The molecule has 0 radical (unpaired) electrons. The molecule has 8 heteroatoms. The van der Waals surface area contributed by atoms with Gasteiger partial charge in [-0.25, -0.2) is 9.78 Å². The van der Waals surface area contributed by atoms with E-state index in [4.69, 9.17) is 14.7 Å². The highest BCUT2D eigenvalue weighted by atomic mass is 17.2. The van der Waals surface area contributed by atoms with E-state index in [1.807, 2.05) is 0 Å². The van der Waals surface area contributed by atoms with Crippen molar-refractivity contribution in [1.82, 2.24) is 0 Å². The fourth-order valence-corrected chi connectivity index (χ4v) is 3.74. The van der Waals surface area contributed by atoms with Gasteiger partial charge >= 0.3 is 5.97 Å². The highest BCUT2D eigenvalue weighted by Crippen LogP contribution is 2.21. The molecule has 0 bridgehead atoms. The third-order valence-electron chi connectivity index (χ3n) is 5.97. The van der Waals surface area contributed by atoms with Crippen LogP contribution < -0.4 is 0 Å². The topological polar surface area (TPSA) is 126 Å². The Labute approximate surface area is 198 Å². The zero-order valence-corrected chi connectivity index (χ0v) is 20.3. The van der Waals surface area contributed by atoms with Gasteiger partial charge in [0.2, 0.25) is 0 Å². The van der Waals surface area contributed by atoms with E-state index in [9.17, 15) is 20.1 Å². The van der Waals surface area contributed by atoms with Crippen LogP contribution in [0.15, 0.2) is 12.2 Å². The largest absolute Gasteiger partial charge is 0.456 e. The van der Waals surface area contributed by atoms with Gasteiger partial charge in [0, 0.05) is 6.42 Å². The Morgan fingerprint density at radius 1 is 0.909 bits per heavy atom. The number of carbonyl (C=O) groups excluding carboxylic acids is 1. The first-order valence-electron chi connectivity index (χ1n) is 12.8. The third kappa shape index (κ3) is 13.4. The van der Waals surface area contributed by atoms with E-state index in [0.29, 0.717) is 6.42 Å². The van der Waals surface area contributed by atoms with Gasteiger partial charge in [0.25, 0.3) is 0 Å². The van der Waals surface area contributed by atoms with Crippen LogP contribution >= 0.6 is 0 Å². The van der Waals surface area contributed by atoms with Crippen LogP contribution in [0, 0.1) is 0 Å². The molecule has 4 N–H and O–H groups in total. The van der Waals surface area contributed by atoms with Crippen LogP contribution in [0.4, 0.5) is 0 Å². The fraction of sp³-hybridized carbons (Fsp3) is 0.880. The van der Waals surface area contributed by atoms with Gasteiger partial charge in [-0.15, -0.1) is 0 Å². The van der Waals surface area contributed by atoms with Crippen LogP contribution in [0.1, 0.15) is 96.8 Å². The molecule has 0 aromatic heterocycles. The molecule has 0 aromatic rings. The standard InChI is InChI=1S/C25H46O8/c1-2-3-4-5-6-7-8-9-10-11-12-13-14-15-16-17-22(28)32-25(21-19-31-33-21)24(30)23(29)20(27)18-26/h9-10,20-21,23-27,29-30H,2-8,11-19H2,1H3/b10-9-/t20-,21?,23-,24+,25+/m1/s1. The van der Waals surface area contributed by atoms with Crippen LogP contribution in [0.25, 0.3) is 0 Å². The quantitative estimate of drug-likeness (QED) is 0.0864. The zero-order chi connectivity index (χ0) is 24.3. The summed E-state index contributed by atoms with van der Waals surface area (Å²) < 4.78 is 5.30. The first-order valence-corrected chi connectivity index (χ1v) is 12.8. The Hall–Kier alpha value is -1.03. The molecule has 1 fully saturated rings. The van der Waals surface area contributed by atoms with Crippen molar-refractivity contribution >= 4 is 5.97 Å². The van der Waals surface area contributed by atoms with Crippen molar-refractivity contribution in [1.29, 1.82) is 0 Å². The van der Waals surface area contributed by atoms with Gasteiger partial charge in [0.1, 0.15) is 24.9 Å². The van der Waals surface area contributed by atoms with Crippen LogP contribution in [0.2, 0.25) is 0 Å². The Bertz CT molecular complexity index is 509. The molecular weight excluding hydrogens is 428 g/mol. The molecule has 0 aromatic carbocycles. The number of aliphatic hydroxyl groups excluding tert-OH is 4. The Morgan fingerprint density at radius 3 is 1.97 bits per heavy atom. The number of rotatable bonds is 21. The second-order valence-electron chi connectivity index (χ2n) is 8.94.